The minimum atomic E-state index is -0.466. The third-order valence-electron chi connectivity index (χ3n) is 4.03. The highest BCUT2D eigenvalue weighted by Gasteiger charge is 2.24. The Hall–Kier alpha value is -2.15. The average molecular weight is 366 g/mol. The van der Waals surface area contributed by atoms with Crippen molar-refractivity contribution < 1.29 is 18.0 Å². The summed E-state index contributed by atoms with van der Waals surface area (Å²) >= 11 is 1.51. The number of carbonyl (C=O) groups is 1. The van der Waals surface area contributed by atoms with Crippen LogP contribution in [0.5, 0.6) is 0 Å². The predicted octanol–water partition coefficient (Wildman–Crippen LogP) is 4.82. The third-order valence-corrected chi connectivity index (χ3v) is 5.34. The first-order valence-corrected chi connectivity index (χ1v) is 8.96. The summed E-state index contributed by atoms with van der Waals surface area (Å²) in [6.07, 6.45) is 0.530. The molecule has 1 aliphatic rings. The molecule has 0 bridgehead atoms. The van der Waals surface area contributed by atoms with Crippen molar-refractivity contribution in [3.05, 3.63) is 65.5 Å². The number of thioether (sulfide) groups is 1. The topological polar surface area (TPSA) is 32.3 Å². The summed E-state index contributed by atoms with van der Waals surface area (Å²) in [5.74, 6) is -0.642. The highest BCUT2D eigenvalue weighted by Crippen LogP contribution is 2.36. The maximum absolute atomic E-state index is 14.0. The molecule has 0 saturated carbocycles. The number of halogens is 3. The molecule has 25 heavy (non-hydrogen) atoms. The molecule has 0 aliphatic carbocycles. The minimum Gasteiger partial charge on any atom is -0.324 e. The molecule has 7 heteroatoms. The molecule has 1 heterocycles. The maximum Gasteiger partial charge on any atom is 0.321 e. The number of hydrogen-bond donors (Lipinski definition) is 1. The molecule has 0 radical (unpaired) electrons. The van der Waals surface area contributed by atoms with Gasteiger partial charge >= 0.3 is 6.03 Å². The molecule has 132 valence electrons. The van der Waals surface area contributed by atoms with Crippen LogP contribution in [0.2, 0.25) is 0 Å². The van der Waals surface area contributed by atoms with Gasteiger partial charge in [0.1, 0.15) is 17.5 Å². The van der Waals surface area contributed by atoms with Crippen LogP contribution in [-0.2, 0) is 0 Å². The van der Waals surface area contributed by atoms with Crippen molar-refractivity contribution >= 4 is 23.5 Å². The number of carbonyl (C=O) groups excluding carboxylic acids is 1. The van der Waals surface area contributed by atoms with Crippen molar-refractivity contribution in [2.45, 2.75) is 11.7 Å². The van der Waals surface area contributed by atoms with E-state index in [0.717, 1.165) is 12.1 Å². The molecule has 2 aromatic rings. The van der Waals surface area contributed by atoms with E-state index in [-0.39, 0.29) is 17.1 Å². The van der Waals surface area contributed by atoms with Crippen molar-refractivity contribution in [3.8, 4) is 0 Å². The van der Waals surface area contributed by atoms with Gasteiger partial charge in [0.2, 0.25) is 0 Å². The molecule has 1 aliphatic heterocycles. The number of amides is 2. The second-order valence-electron chi connectivity index (χ2n) is 5.74. The number of anilines is 1. The van der Waals surface area contributed by atoms with Crippen LogP contribution in [0.3, 0.4) is 0 Å². The Bertz CT molecular complexity index is 754. The van der Waals surface area contributed by atoms with Gasteiger partial charge in [-0.3, -0.25) is 0 Å². The SMILES string of the molecule is O=C(Nc1ccc(F)cc1)N1CCSC(c2cc(F)ccc2F)CC1. The Kier molecular flexibility index (Phi) is 5.53. The van der Waals surface area contributed by atoms with Gasteiger partial charge in [0.15, 0.2) is 0 Å². The summed E-state index contributed by atoms with van der Waals surface area (Å²) in [5, 5.41) is 2.52. The number of nitrogens with zero attached hydrogens (tertiary/aromatic N) is 1. The van der Waals surface area contributed by atoms with E-state index in [1.807, 2.05) is 0 Å². The first-order chi connectivity index (χ1) is 12.0. The molecule has 3 nitrogen and oxygen atoms in total. The molecule has 3 rings (SSSR count). The molecule has 1 atom stereocenters. The fourth-order valence-electron chi connectivity index (χ4n) is 2.72. The molecule has 0 aromatic heterocycles. The Morgan fingerprint density at radius 1 is 1.04 bits per heavy atom. The highest BCUT2D eigenvalue weighted by molar-refractivity contribution is 7.99. The Morgan fingerprint density at radius 3 is 2.52 bits per heavy atom. The first-order valence-electron chi connectivity index (χ1n) is 7.91. The van der Waals surface area contributed by atoms with E-state index < -0.39 is 11.6 Å². The molecule has 2 aromatic carbocycles. The summed E-state index contributed by atoms with van der Waals surface area (Å²) in [7, 11) is 0. The number of nitrogens with one attached hydrogen (secondary N) is 1. The molecule has 1 fully saturated rings. The standard InChI is InChI=1S/C18H17F3N2OS/c19-12-1-4-14(5-2-12)22-18(24)23-8-7-17(25-10-9-23)15-11-13(20)3-6-16(15)21/h1-6,11,17H,7-10H2,(H,22,24). The molecular weight excluding hydrogens is 349 g/mol. The van der Waals surface area contributed by atoms with Gasteiger partial charge < -0.3 is 10.2 Å². The normalized spacial score (nSPS) is 17.9. The minimum absolute atomic E-state index is 0.195. The van der Waals surface area contributed by atoms with Gasteiger partial charge in [-0.1, -0.05) is 0 Å². The Morgan fingerprint density at radius 2 is 1.76 bits per heavy atom. The molecule has 1 N–H and O–H groups in total. The predicted molar refractivity (Wildman–Crippen MR) is 93.2 cm³/mol. The molecular formula is C18H17F3N2OS. The fraction of sp³-hybridized carbons (Fsp3) is 0.278. The zero-order valence-electron chi connectivity index (χ0n) is 13.3. The highest BCUT2D eigenvalue weighted by atomic mass is 32.2. The quantitative estimate of drug-likeness (QED) is 0.827. The maximum atomic E-state index is 14.0. The van der Waals surface area contributed by atoms with Crippen molar-refractivity contribution in [3.63, 3.8) is 0 Å². The van der Waals surface area contributed by atoms with Gasteiger partial charge in [-0.15, -0.1) is 0 Å². The zero-order valence-corrected chi connectivity index (χ0v) is 14.2. The second-order valence-corrected chi connectivity index (χ2v) is 7.05. The molecule has 0 spiro atoms. The summed E-state index contributed by atoms with van der Waals surface area (Å²) < 4.78 is 40.3. The van der Waals surface area contributed by atoms with Crippen molar-refractivity contribution in [2.24, 2.45) is 0 Å². The van der Waals surface area contributed by atoms with Crippen LogP contribution in [-0.4, -0.2) is 29.8 Å². The van der Waals surface area contributed by atoms with E-state index in [1.54, 1.807) is 4.90 Å². The summed E-state index contributed by atoms with van der Waals surface area (Å²) in [6, 6.07) is 8.70. The van der Waals surface area contributed by atoms with Crippen LogP contribution in [0.4, 0.5) is 23.7 Å². The molecule has 1 saturated heterocycles. The van der Waals surface area contributed by atoms with E-state index in [2.05, 4.69) is 5.32 Å². The zero-order chi connectivity index (χ0) is 17.8. The van der Waals surface area contributed by atoms with Crippen LogP contribution in [0.25, 0.3) is 0 Å². The van der Waals surface area contributed by atoms with Gasteiger partial charge in [-0.05, 0) is 48.9 Å². The van der Waals surface area contributed by atoms with Gasteiger partial charge in [0.05, 0.1) is 0 Å². The van der Waals surface area contributed by atoms with Gasteiger partial charge in [0, 0.05) is 35.3 Å². The van der Waals surface area contributed by atoms with E-state index >= 15 is 0 Å². The number of rotatable bonds is 2. The molecule has 1 unspecified atom stereocenters. The van der Waals surface area contributed by atoms with Crippen LogP contribution >= 0.6 is 11.8 Å². The lowest BCUT2D eigenvalue weighted by Crippen LogP contribution is -2.36. The second kappa shape index (κ2) is 7.82. The number of benzene rings is 2. The largest absolute Gasteiger partial charge is 0.324 e. The van der Waals surface area contributed by atoms with Gasteiger partial charge in [0.25, 0.3) is 0 Å². The van der Waals surface area contributed by atoms with Crippen LogP contribution < -0.4 is 5.32 Å². The average Bonchev–Trinajstić information content (AvgIpc) is 2.85. The smallest absolute Gasteiger partial charge is 0.321 e. The lowest BCUT2D eigenvalue weighted by molar-refractivity contribution is 0.215. The van der Waals surface area contributed by atoms with Crippen LogP contribution in [0.1, 0.15) is 17.2 Å². The summed E-state index contributed by atoms with van der Waals surface area (Å²) in [6.45, 7) is 0.936. The van der Waals surface area contributed by atoms with E-state index in [1.165, 1.54) is 42.1 Å². The molecule has 2 amide bonds. The van der Waals surface area contributed by atoms with Crippen molar-refractivity contribution in [2.75, 3.05) is 24.2 Å². The first kappa shape index (κ1) is 17.7. The van der Waals surface area contributed by atoms with Crippen molar-refractivity contribution in [1.82, 2.24) is 4.90 Å². The Balaban J connectivity index is 1.63. The van der Waals surface area contributed by atoms with Crippen molar-refractivity contribution in [1.29, 1.82) is 0 Å². The van der Waals surface area contributed by atoms with Gasteiger partial charge in [-0.2, -0.15) is 11.8 Å². The van der Waals surface area contributed by atoms with Crippen LogP contribution in [0.15, 0.2) is 42.5 Å². The summed E-state index contributed by atoms with van der Waals surface area (Å²) in [5.41, 5.74) is 0.849. The monoisotopic (exact) mass is 366 g/mol. The van der Waals surface area contributed by atoms with E-state index in [4.69, 9.17) is 0 Å². The third kappa shape index (κ3) is 4.48. The van der Waals surface area contributed by atoms with E-state index in [0.29, 0.717) is 36.5 Å². The number of hydrogen-bond acceptors (Lipinski definition) is 2. The lowest BCUT2D eigenvalue weighted by Gasteiger charge is -2.21. The van der Waals surface area contributed by atoms with Crippen LogP contribution in [0, 0.1) is 17.5 Å². The number of urea groups is 1. The van der Waals surface area contributed by atoms with Gasteiger partial charge in [-0.25, -0.2) is 18.0 Å². The Labute approximate surface area is 148 Å². The van der Waals surface area contributed by atoms with E-state index in [9.17, 15) is 18.0 Å². The lowest BCUT2D eigenvalue weighted by atomic mass is 10.1. The summed E-state index contributed by atoms with van der Waals surface area (Å²) in [4.78, 5) is 14.0. The fourth-order valence-corrected chi connectivity index (χ4v) is 3.96.